The number of aliphatic hydroxyl groups excluding tert-OH is 1. The van der Waals surface area contributed by atoms with Crippen molar-refractivity contribution in [1.29, 1.82) is 0 Å². The summed E-state index contributed by atoms with van der Waals surface area (Å²) in [5.74, 6) is 1.31. The van der Waals surface area contributed by atoms with Crippen molar-refractivity contribution in [1.82, 2.24) is 4.90 Å². The molecule has 1 N–H and O–H groups in total. The number of hydrogen-bond acceptors (Lipinski definition) is 4. The van der Waals surface area contributed by atoms with Crippen molar-refractivity contribution in [3.05, 3.63) is 63.6 Å². The van der Waals surface area contributed by atoms with Crippen molar-refractivity contribution in [3.8, 4) is 5.75 Å². The van der Waals surface area contributed by atoms with Crippen LogP contribution in [0.3, 0.4) is 0 Å². The van der Waals surface area contributed by atoms with E-state index >= 15 is 0 Å². The molecule has 0 saturated carbocycles. The Kier molecular flexibility index (Phi) is 7.74. The van der Waals surface area contributed by atoms with Crippen LogP contribution < -0.4 is 4.74 Å². The highest BCUT2D eigenvalue weighted by molar-refractivity contribution is 9.10. The van der Waals surface area contributed by atoms with E-state index < -0.39 is 6.10 Å². The summed E-state index contributed by atoms with van der Waals surface area (Å²) in [6.07, 6.45) is -0.539. The fraction of sp³-hybridized carbons (Fsp3) is 0.500. The number of morpholine rings is 1. The Hall–Kier alpha value is -1.40. The molecule has 0 bridgehead atoms. The molecule has 0 aromatic heterocycles. The van der Waals surface area contributed by atoms with Crippen LogP contribution in [0.2, 0.25) is 0 Å². The number of nitrogens with zero attached hydrogens (tertiary/aromatic N) is 1. The minimum absolute atomic E-state index is 0.0104. The lowest BCUT2D eigenvalue weighted by molar-refractivity contribution is -0.0804. The number of benzene rings is 2. The van der Waals surface area contributed by atoms with Gasteiger partial charge in [-0.15, -0.1) is 0 Å². The van der Waals surface area contributed by atoms with E-state index in [0.29, 0.717) is 19.1 Å². The van der Waals surface area contributed by atoms with Crippen molar-refractivity contribution in [2.75, 3.05) is 26.3 Å². The molecule has 29 heavy (non-hydrogen) atoms. The maximum atomic E-state index is 10.6. The van der Waals surface area contributed by atoms with Crippen LogP contribution in [0.5, 0.6) is 5.75 Å². The Morgan fingerprint density at radius 1 is 1.21 bits per heavy atom. The molecule has 0 radical (unpaired) electrons. The number of aryl methyl sites for hydroxylation is 1. The predicted molar refractivity (Wildman–Crippen MR) is 121 cm³/mol. The molecule has 0 aliphatic carbocycles. The summed E-state index contributed by atoms with van der Waals surface area (Å²) in [6, 6.07) is 14.6. The fourth-order valence-electron chi connectivity index (χ4n) is 4.02. The lowest BCUT2D eigenvalue weighted by Gasteiger charge is -2.40. The Bertz CT molecular complexity index is 793. The first kappa shape index (κ1) is 22.3. The molecule has 3 unspecified atom stereocenters. The predicted octanol–water partition coefficient (Wildman–Crippen LogP) is 5.08. The molecule has 5 heteroatoms. The average molecular weight is 462 g/mol. The van der Waals surface area contributed by atoms with E-state index in [-0.39, 0.29) is 18.8 Å². The molecule has 3 rings (SSSR count). The number of hydrogen-bond donors (Lipinski definition) is 1. The molecular weight excluding hydrogens is 430 g/mol. The van der Waals surface area contributed by atoms with Gasteiger partial charge in [-0.3, -0.25) is 4.90 Å². The zero-order chi connectivity index (χ0) is 21.0. The van der Waals surface area contributed by atoms with Crippen molar-refractivity contribution < 1.29 is 14.6 Å². The summed E-state index contributed by atoms with van der Waals surface area (Å²) in [7, 11) is 0. The van der Waals surface area contributed by atoms with Gasteiger partial charge < -0.3 is 14.6 Å². The third-order valence-electron chi connectivity index (χ3n) is 5.64. The summed E-state index contributed by atoms with van der Waals surface area (Å²) in [4.78, 5) is 2.29. The third-order valence-corrected chi connectivity index (χ3v) is 6.17. The van der Waals surface area contributed by atoms with Gasteiger partial charge in [0.05, 0.1) is 12.7 Å². The zero-order valence-electron chi connectivity index (χ0n) is 17.8. The molecule has 4 nitrogen and oxygen atoms in total. The van der Waals surface area contributed by atoms with E-state index in [0.717, 1.165) is 22.3 Å². The maximum Gasteiger partial charge on any atom is 0.119 e. The molecule has 2 aromatic rings. The van der Waals surface area contributed by atoms with Gasteiger partial charge in [-0.05, 0) is 60.7 Å². The summed E-state index contributed by atoms with van der Waals surface area (Å²) in [5.41, 5.74) is 3.72. The molecular formula is C24H32BrNO3. The quantitative estimate of drug-likeness (QED) is 0.623. The highest BCUT2D eigenvalue weighted by Crippen LogP contribution is 2.29. The molecule has 0 spiro atoms. The molecule has 1 saturated heterocycles. The zero-order valence-corrected chi connectivity index (χ0v) is 19.4. The van der Waals surface area contributed by atoms with Gasteiger partial charge >= 0.3 is 0 Å². The van der Waals surface area contributed by atoms with Gasteiger partial charge in [-0.1, -0.05) is 48.0 Å². The lowest BCUT2D eigenvalue weighted by atomic mass is 9.98. The Balaban J connectivity index is 1.55. The summed E-state index contributed by atoms with van der Waals surface area (Å²) in [5, 5.41) is 10.6. The fourth-order valence-corrected chi connectivity index (χ4v) is 4.28. The topological polar surface area (TPSA) is 41.9 Å². The second kappa shape index (κ2) is 10.1. The summed E-state index contributed by atoms with van der Waals surface area (Å²) < 4.78 is 13.0. The molecule has 2 aromatic carbocycles. The van der Waals surface area contributed by atoms with Gasteiger partial charge in [0.25, 0.3) is 0 Å². The van der Waals surface area contributed by atoms with Gasteiger partial charge in [0.15, 0.2) is 0 Å². The summed E-state index contributed by atoms with van der Waals surface area (Å²) >= 11 is 3.48. The Morgan fingerprint density at radius 2 is 1.93 bits per heavy atom. The number of halogens is 1. The van der Waals surface area contributed by atoms with E-state index in [4.69, 9.17) is 9.47 Å². The highest BCUT2D eigenvalue weighted by Gasteiger charge is 2.31. The van der Waals surface area contributed by atoms with E-state index in [1.165, 1.54) is 11.1 Å². The first-order valence-electron chi connectivity index (χ1n) is 10.4. The Labute approximate surface area is 183 Å². The molecule has 1 fully saturated rings. The first-order chi connectivity index (χ1) is 13.8. The van der Waals surface area contributed by atoms with E-state index in [1.807, 2.05) is 18.2 Å². The van der Waals surface area contributed by atoms with Crippen LogP contribution in [0, 0.1) is 6.92 Å². The number of rotatable bonds is 7. The molecule has 3 atom stereocenters. The molecule has 0 amide bonds. The van der Waals surface area contributed by atoms with Gasteiger partial charge in [0, 0.05) is 23.6 Å². The van der Waals surface area contributed by atoms with E-state index in [1.54, 1.807) is 0 Å². The highest BCUT2D eigenvalue weighted by atomic mass is 79.9. The van der Waals surface area contributed by atoms with E-state index in [9.17, 15) is 5.11 Å². The van der Waals surface area contributed by atoms with Crippen LogP contribution in [0.25, 0.3) is 0 Å². The van der Waals surface area contributed by atoms with Gasteiger partial charge in [0.2, 0.25) is 0 Å². The van der Waals surface area contributed by atoms with Crippen LogP contribution in [-0.2, 0) is 4.74 Å². The minimum Gasteiger partial charge on any atom is -0.491 e. The smallest absolute Gasteiger partial charge is 0.119 e. The number of ether oxygens (including phenoxy) is 2. The molecule has 158 valence electrons. The second-order valence-corrected chi connectivity index (χ2v) is 9.13. The van der Waals surface area contributed by atoms with Gasteiger partial charge in [0.1, 0.15) is 18.5 Å². The van der Waals surface area contributed by atoms with Crippen LogP contribution in [0.15, 0.2) is 46.9 Å². The monoisotopic (exact) mass is 461 g/mol. The van der Waals surface area contributed by atoms with Crippen molar-refractivity contribution in [3.63, 3.8) is 0 Å². The van der Waals surface area contributed by atoms with Crippen molar-refractivity contribution >= 4 is 15.9 Å². The van der Waals surface area contributed by atoms with Crippen molar-refractivity contribution in [2.24, 2.45) is 0 Å². The summed E-state index contributed by atoms with van der Waals surface area (Å²) in [6.45, 7) is 11.0. The van der Waals surface area contributed by atoms with Crippen LogP contribution in [0.1, 0.15) is 49.5 Å². The SMILES string of the molecule is Cc1cc(OCC(O)CN2CCOC(c3ccc(Br)cc3)C2C)ccc1C(C)C. The average Bonchev–Trinajstić information content (AvgIpc) is 2.68. The number of β-amino-alcohol motifs (C(OH)–C–C–N with tert-alkyl or cyclic N) is 1. The second-order valence-electron chi connectivity index (χ2n) is 8.22. The molecule has 1 aliphatic heterocycles. The standard InChI is InChI=1S/C24H32BrNO3/c1-16(2)23-10-9-22(13-17(23)3)29-15-21(27)14-26-11-12-28-24(18(26)4)19-5-7-20(25)8-6-19/h5-10,13,16,18,21,24,27H,11-12,14-15H2,1-4H3. The normalized spacial score (nSPS) is 21.3. The molecule has 1 heterocycles. The third kappa shape index (κ3) is 5.82. The maximum absolute atomic E-state index is 10.6. The van der Waals surface area contributed by atoms with Crippen molar-refractivity contribution in [2.45, 2.75) is 51.9 Å². The van der Waals surface area contributed by atoms with Crippen LogP contribution in [-0.4, -0.2) is 48.5 Å². The Morgan fingerprint density at radius 3 is 2.59 bits per heavy atom. The molecule has 1 aliphatic rings. The lowest BCUT2D eigenvalue weighted by Crippen LogP contribution is -2.49. The van der Waals surface area contributed by atoms with E-state index in [2.05, 4.69) is 72.8 Å². The minimum atomic E-state index is -0.550. The largest absolute Gasteiger partial charge is 0.491 e. The van der Waals surface area contributed by atoms with Crippen LogP contribution in [0.4, 0.5) is 0 Å². The van der Waals surface area contributed by atoms with Gasteiger partial charge in [-0.25, -0.2) is 0 Å². The first-order valence-corrected chi connectivity index (χ1v) is 11.2. The van der Waals surface area contributed by atoms with Gasteiger partial charge in [-0.2, -0.15) is 0 Å². The van der Waals surface area contributed by atoms with Crippen LogP contribution >= 0.6 is 15.9 Å². The number of aliphatic hydroxyl groups is 1.